The molecule has 2 nitrogen and oxygen atoms in total. The van der Waals surface area contributed by atoms with Crippen LogP contribution in [0.5, 0.6) is 0 Å². The molecule has 0 rings (SSSR count). The maximum atomic E-state index is 9.48. The van der Waals surface area contributed by atoms with Gasteiger partial charge in [-0.05, 0) is 18.9 Å². The van der Waals surface area contributed by atoms with Crippen LogP contribution in [0.1, 0.15) is 20.3 Å². The minimum atomic E-state index is -0.833. The van der Waals surface area contributed by atoms with Gasteiger partial charge in [-0.3, -0.25) is 0 Å². The lowest BCUT2D eigenvalue weighted by Gasteiger charge is -2.24. The molecule has 0 saturated heterocycles. The van der Waals surface area contributed by atoms with E-state index in [0.717, 1.165) is 5.57 Å². The van der Waals surface area contributed by atoms with Gasteiger partial charge in [0.1, 0.15) is 0 Å². The monoisotopic (exact) mass is 129 g/mol. The van der Waals surface area contributed by atoms with Crippen LogP contribution in [0.15, 0.2) is 12.2 Å². The summed E-state index contributed by atoms with van der Waals surface area (Å²) >= 11 is 0. The SMILES string of the molecule is C=C(C)C(O)(CC)CN. The molecule has 54 valence electrons. The van der Waals surface area contributed by atoms with Crippen molar-refractivity contribution in [3.63, 3.8) is 0 Å². The Kier molecular flexibility index (Phi) is 2.88. The van der Waals surface area contributed by atoms with Gasteiger partial charge in [0, 0.05) is 6.54 Å². The summed E-state index contributed by atoms with van der Waals surface area (Å²) in [5.41, 5.74) is 5.22. The van der Waals surface area contributed by atoms with Crippen molar-refractivity contribution in [2.75, 3.05) is 6.54 Å². The zero-order valence-electron chi connectivity index (χ0n) is 6.15. The lowest BCUT2D eigenvalue weighted by Crippen LogP contribution is -2.37. The minimum absolute atomic E-state index is 0.263. The fourth-order valence-electron chi connectivity index (χ4n) is 0.620. The third-order valence-corrected chi connectivity index (χ3v) is 1.72. The fourth-order valence-corrected chi connectivity index (χ4v) is 0.620. The third kappa shape index (κ3) is 1.80. The van der Waals surface area contributed by atoms with Gasteiger partial charge in [-0.2, -0.15) is 0 Å². The quantitative estimate of drug-likeness (QED) is 0.550. The van der Waals surface area contributed by atoms with Gasteiger partial charge in [0.05, 0.1) is 5.60 Å². The van der Waals surface area contributed by atoms with E-state index in [-0.39, 0.29) is 6.54 Å². The number of aliphatic hydroxyl groups is 1. The molecule has 1 unspecified atom stereocenters. The average Bonchev–Trinajstić information content (AvgIpc) is 1.86. The molecule has 0 amide bonds. The van der Waals surface area contributed by atoms with Crippen LogP contribution < -0.4 is 5.73 Å². The first-order valence-corrected chi connectivity index (χ1v) is 3.15. The highest BCUT2D eigenvalue weighted by Gasteiger charge is 2.22. The topological polar surface area (TPSA) is 46.2 Å². The van der Waals surface area contributed by atoms with Crippen LogP contribution in [0.25, 0.3) is 0 Å². The average molecular weight is 129 g/mol. The van der Waals surface area contributed by atoms with Crippen molar-refractivity contribution in [3.8, 4) is 0 Å². The summed E-state index contributed by atoms with van der Waals surface area (Å²) in [5, 5.41) is 9.48. The maximum Gasteiger partial charge on any atom is 0.0970 e. The van der Waals surface area contributed by atoms with E-state index in [9.17, 15) is 5.11 Å². The second kappa shape index (κ2) is 2.99. The summed E-state index contributed by atoms with van der Waals surface area (Å²) in [6.07, 6.45) is 0.638. The van der Waals surface area contributed by atoms with Gasteiger partial charge in [0.2, 0.25) is 0 Å². The first kappa shape index (κ1) is 8.66. The van der Waals surface area contributed by atoms with Crippen molar-refractivity contribution < 1.29 is 5.11 Å². The van der Waals surface area contributed by atoms with Gasteiger partial charge in [0.15, 0.2) is 0 Å². The molecule has 2 heteroatoms. The zero-order valence-corrected chi connectivity index (χ0v) is 6.15. The second-order valence-electron chi connectivity index (χ2n) is 2.37. The Balaban J connectivity index is 4.09. The number of hydrogen-bond acceptors (Lipinski definition) is 2. The molecule has 1 atom stereocenters. The van der Waals surface area contributed by atoms with Gasteiger partial charge in [0.25, 0.3) is 0 Å². The van der Waals surface area contributed by atoms with Crippen molar-refractivity contribution in [3.05, 3.63) is 12.2 Å². The molecule has 0 bridgehead atoms. The van der Waals surface area contributed by atoms with Crippen LogP contribution >= 0.6 is 0 Å². The standard InChI is InChI=1S/C7H15NO/c1-4-7(9,5-8)6(2)3/h9H,2,4-5,8H2,1,3H3. The predicted molar refractivity (Wildman–Crippen MR) is 39.1 cm³/mol. The Morgan fingerprint density at radius 3 is 2.22 bits per heavy atom. The van der Waals surface area contributed by atoms with E-state index < -0.39 is 5.60 Å². The van der Waals surface area contributed by atoms with E-state index in [0.29, 0.717) is 6.42 Å². The lowest BCUT2D eigenvalue weighted by atomic mass is 9.94. The van der Waals surface area contributed by atoms with E-state index in [1.165, 1.54) is 0 Å². The van der Waals surface area contributed by atoms with Crippen molar-refractivity contribution >= 4 is 0 Å². The normalized spacial score (nSPS) is 16.9. The number of nitrogens with two attached hydrogens (primary N) is 1. The van der Waals surface area contributed by atoms with E-state index in [4.69, 9.17) is 5.73 Å². The van der Waals surface area contributed by atoms with Crippen LogP contribution in [0.4, 0.5) is 0 Å². The molecule has 0 aromatic heterocycles. The lowest BCUT2D eigenvalue weighted by molar-refractivity contribution is 0.0837. The molecule has 0 saturated carbocycles. The molecule has 0 spiro atoms. The largest absolute Gasteiger partial charge is 0.384 e. The Labute approximate surface area is 56.4 Å². The smallest absolute Gasteiger partial charge is 0.0970 e. The van der Waals surface area contributed by atoms with Gasteiger partial charge in [-0.1, -0.05) is 13.5 Å². The Morgan fingerprint density at radius 2 is 2.22 bits per heavy atom. The van der Waals surface area contributed by atoms with E-state index >= 15 is 0 Å². The van der Waals surface area contributed by atoms with E-state index in [1.807, 2.05) is 6.92 Å². The Hall–Kier alpha value is -0.340. The highest BCUT2D eigenvalue weighted by atomic mass is 16.3. The molecule has 9 heavy (non-hydrogen) atoms. The molecule has 0 aromatic carbocycles. The van der Waals surface area contributed by atoms with Gasteiger partial charge < -0.3 is 10.8 Å². The molecule has 0 radical (unpaired) electrons. The summed E-state index contributed by atoms with van der Waals surface area (Å²) in [7, 11) is 0. The van der Waals surface area contributed by atoms with Crippen LogP contribution in [-0.4, -0.2) is 17.3 Å². The minimum Gasteiger partial charge on any atom is -0.384 e. The van der Waals surface area contributed by atoms with Crippen LogP contribution in [0.3, 0.4) is 0 Å². The van der Waals surface area contributed by atoms with Crippen molar-refractivity contribution in [1.29, 1.82) is 0 Å². The highest BCUT2D eigenvalue weighted by molar-refractivity contribution is 5.09. The number of hydrogen-bond donors (Lipinski definition) is 2. The second-order valence-corrected chi connectivity index (χ2v) is 2.37. The van der Waals surface area contributed by atoms with Crippen LogP contribution in [0.2, 0.25) is 0 Å². The van der Waals surface area contributed by atoms with Crippen LogP contribution in [0, 0.1) is 0 Å². The summed E-state index contributed by atoms with van der Waals surface area (Å²) in [4.78, 5) is 0. The molecular weight excluding hydrogens is 114 g/mol. The Bertz CT molecular complexity index is 105. The van der Waals surface area contributed by atoms with E-state index in [2.05, 4.69) is 6.58 Å². The number of rotatable bonds is 3. The van der Waals surface area contributed by atoms with Gasteiger partial charge in [-0.25, -0.2) is 0 Å². The van der Waals surface area contributed by atoms with Crippen LogP contribution in [-0.2, 0) is 0 Å². The Morgan fingerprint density at radius 1 is 1.78 bits per heavy atom. The molecule has 0 aliphatic heterocycles. The first-order valence-electron chi connectivity index (χ1n) is 3.15. The highest BCUT2D eigenvalue weighted by Crippen LogP contribution is 2.16. The molecule has 0 fully saturated rings. The predicted octanol–water partition coefficient (Wildman–Crippen LogP) is 0.662. The summed E-state index contributed by atoms with van der Waals surface area (Å²) in [5.74, 6) is 0. The molecule has 0 aliphatic carbocycles. The molecular formula is C7H15NO. The van der Waals surface area contributed by atoms with E-state index in [1.54, 1.807) is 6.92 Å². The molecule has 0 aliphatic rings. The van der Waals surface area contributed by atoms with Gasteiger partial charge >= 0.3 is 0 Å². The summed E-state index contributed by atoms with van der Waals surface area (Å²) < 4.78 is 0. The molecule has 3 N–H and O–H groups in total. The first-order chi connectivity index (χ1) is 4.06. The summed E-state index contributed by atoms with van der Waals surface area (Å²) in [6.45, 7) is 7.58. The summed E-state index contributed by atoms with van der Waals surface area (Å²) in [6, 6.07) is 0. The van der Waals surface area contributed by atoms with Crippen molar-refractivity contribution in [1.82, 2.24) is 0 Å². The molecule has 0 aromatic rings. The third-order valence-electron chi connectivity index (χ3n) is 1.72. The maximum absolute atomic E-state index is 9.48. The zero-order chi connectivity index (χ0) is 7.49. The fraction of sp³-hybridized carbons (Fsp3) is 0.714. The van der Waals surface area contributed by atoms with Crippen molar-refractivity contribution in [2.45, 2.75) is 25.9 Å². The molecule has 0 heterocycles. The van der Waals surface area contributed by atoms with Gasteiger partial charge in [-0.15, -0.1) is 0 Å². The van der Waals surface area contributed by atoms with Crippen molar-refractivity contribution in [2.24, 2.45) is 5.73 Å².